The number of hydrogen-bond donors (Lipinski definition) is 5. The van der Waals surface area contributed by atoms with Crippen LogP contribution in [0.3, 0.4) is 0 Å². The zero-order valence-electron chi connectivity index (χ0n) is 39.4. The van der Waals surface area contributed by atoms with Crippen LogP contribution in [-0.2, 0) is 19.7 Å². The number of ether oxygens (including phenoxy) is 1. The number of rotatable bonds is 12. The molecule has 2 aromatic heterocycles. The summed E-state index contributed by atoms with van der Waals surface area (Å²) < 4.78 is 4.83. The van der Waals surface area contributed by atoms with Crippen LogP contribution >= 0.6 is 0 Å². The van der Waals surface area contributed by atoms with Crippen LogP contribution in [0.1, 0.15) is 139 Å². The zero-order chi connectivity index (χ0) is 47.0. The summed E-state index contributed by atoms with van der Waals surface area (Å²) in [5, 5.41) is 14.6. The summed E-state index contributed by atoms with van der Waals surface area (Å²) in [4.78, 5) is 74.1. The van der Waals surface area contributed by atoms with E-state index in [0.29, 0.717) is 18.9 Å². The van der Waals surface area contributed by atoms with E-state index in [4.69, 9.17) is 14.7 Å². The molecule has 0 radical (unpaired) electrons. The van der Waals surface area contributed by atoms with E-state index in [-0.39, 0.29) is 53.2 Å². The zero-order valence-corrected chi connectivity index (χ0v) is 39.4. The van der Waals surface area contributed by atoms with Crippen molar-refractivity contribution < 1.29 is 29.0 Å². The molecule has 3 aliphatic rings. The van der Waals surface area contributed by atoms with Gasteiger partial charge in [-0.2, -0.15) is 0 Å². The fourth-order valence-corrected chi connectivity index (χ4v) is 10.2. The second-order valence-electron chi connectivity index (χ2n) is 19.9. The normalized spacial score (nSPS) is 20.9. The molecule has 66 heavy (non-hydrogen) atoms. The van der Waals surface area contributed by atoms with Crippen molar-refractivity contribution in [2.45, 2.75) is 129 Å². The number of hydrogen-bond acceptors (Lipinski definition) is 8. The van der Waals surface area contributed by atoms with Gasteiger partial charge in [0.05, 0.1) is 54.2 Å². The Bertz CT molecular complexity index is 2540. The van der Waals surface area contributed by atoms with E-state index in [1.807, 2.05) is 38.8 Å². The van der Waals surface area contributed by atoms with E-state index in [0.717, 1.165) is 72.3 Å². The van der Waals surface area contributed by atoms with Crippen molar-refractivity contribution in [3.8, 4) is 11.3 Å². The van der Waals surface area contributed by atoms with Crippen LogP contribution in [0.5, 0.6) is 0 Å². The van der Waals surface area contributed by atoms with Gasteiger partial charge in [0.25, 0.3) is 0 Å². The summed E-state index contributed by atoms with van der Waals surface area (Å²) in [6, 6.07) is 22.3. The molecule has 15 heteroatoms. The van der Waals surface area contributed by atoms with E-state index in [9.17, 15) is 24.3 Å². The number of methoxy groups -OCH3 is 1. The summed E-state index contributed by atoms with van der Waals surface area (Å²) in [5.41, 5.74) is 8.43. The van der Waals surface area contributed by atoms with E-state index < -0.39 is 24.3 Å². The second kappa shape index (κ2) is 18.8. The van der Waals surface area contributed by atoms with Crippen molar-refractivity contribution in [3.63, 3.8) is 0 Å². The number of fused-ring (bicyclic) bond motifs is 1. The molecule has 350 valence electrons. The lowest BCUT2D eigenvalue weighted by Crippen LogP contribution is -2.51. The lowest BCUT2D eigenvalue weighted by Gasteiger charge is -2.34. The van der Waals surface area contributed by atoms with Crippen molar-refractivity contribution in [1.29, 1.82) is 0 Å². The molecule has 15 nitrogen and oxygen atoms in total. The van der Waals surface area contributed by atoms with Gasteiger partial charge in [-0.15, -0.1) is 0 Å². The van der Waals surface area contributed by atoms with Crippen LogP contribution < -0.4 is 15.5 Å². The van der Waals surface area contributed by atoms with Crippen LogP contribution in [0.15, 0.2) is 72.9 Å². The van der Waals surface area contributed by atoms with E-state index in [1.54, 1.807) is 4.90 Å². The Kier molecular flexibility index (Phi) is 13.2. The molecule has 0 saturated carbocycles. The Hall–Kier alpha value is -6.38. The molecule has 4 amide bonds. The van der Waals surface area contributed by atoms with Crippen molar-refractivity contribution in [1.82, 2.24) is 40.4 Å². The molecule has 3 aliphatic heterocycles. The van der Waals surface area contributed by atoms with Gasteiger partial charge >= 0.3 is 12.2 Å². The summed E-state index contributed by atoms with van der Waals surface area (Å²) in [7, 11) is 1.30. The first-order chi connectivity index (χ1) is 31.5. The largest absolute Gasteiger partial charge is 0.465 e. The van der Waals surface area contributed by atoms with Gasteiger partial charge in [-0.25, -0.2) is 19.6 Å². The van der Waals surface area contributed by atoms with Gasteiger partial charge in [0.15, 0.2) is 0 Å². The van der Waals surface area contributed by atoms with Gasteiger partial charge in [0.1, 0.15) is 23.7 Å². The van der Waals surface area contributed by atoms with Crippen LogP contribution in [0.2, 0.25) is 0 Å². The predicted molar refractivity (Wildman–Crippen MR) is 254 cm³/mol. The first kappa shape index (κ1) is 46.2. The number of imidazole rings is 2. The summed E-state index contributed by atoms with van der Waals surface area (Å²) in [5.74, 6) is 0.771. The third kappa shape index (κ3) is 9.34. The number of carbonyl (C=O) groups excluding carboxylic acids is 3. The predicted octanol–water partition coefficient (Wildman–Crippen LogP) is 9.33. The lowest BCUT2D eigenvalue weighted by molar-refractivity contribution is -0.136. The first-order valence-electron chi connectivity index (χ1n) is 23.5. The highest BCUT2D eigenvalue weighted by Crippen LogP contribution is 2.48. The van der Waals surface area contributed by atoms with Gasteiger partial charge in [-0.3, -0.25) is 9.59 Å². The monoisotopic (exact) mass is 900 g/mol. The molecule has 0 unspecified atom stereocenters. The SMILES string of the molecule is COC(=O)N[C@H](C(=O)N1CCC[C@H]1c1nc2ccc([C@H]3CC[C@@H](c4ccc(-c5cnc([C@@H]6CCCN6C(=O)[C@@H](NC(=O)O)C(C)C)[nH]5)cc4)N3c3ccc(C(C)(C)C)cc3)cc2[nH]1)C(C)C. The fraction of sp³-hybridized carbons (Fsp3) is 0.490. The fourth-order valence-electron chi connectivity index (χ4n) is 10.2. The second-order valence-corrected chi connectivity index (χ2v) is 19.9. The number of benzene rings is 3. The summed E-state index contributed by atoms with van der Waals surface area (Å²) in [6.45, 7) is 15.4. The number of likely N-dealkylation sites (tertiary alicyclic amines) is 2. The topological polar surface area (TPSA) is 189 Å². The van der Waals surface area contributed by atoms with Crippen molar-refractivity contribution in [3.05, 3.63) is 101 Å². The molecule has 8 rings (SSSR count). The number of aromatic amines is 2. The minimum Gasteiger partial charge on any atom is -0.465 e. The third-order valence-electron chi connectivity index (χ3n) is 13.8. The molecular formula is C51H65N9O6. The Morgan fingerprint density at radius 2 is 1.30 bits per heavy atom. The van der Waals surface area contributed by atoms with Crippen LogP contribution in [0.4, 0.5) is 15.3 Å². The average molecular weight is 900 g/mol. The highest BCUT2D eigenvalue weighted by atomic mass is 16.5. The Morgan fingerprint density at radius 3 is 1.88 bits per heavy atom. The maximum Gasteiger partial charge on any atom is 0.407 e. The third-order valence-corrected chi connectivity index (χ3v) is 13.8. The van der Waals surface area contributed by atoms with E-state index in [1.165, 1.54) is 23.8 Å². The lowest BCUT2D eigenvalue weighted by atomic mass is 9.87. The van der Waals surface area contributed by atoms with Crippen molar-refractivity contribution in [2.75, 3.05) is 25.1 Å². The van der Waals surface area contributed by atoms with Gasteiger partial charge in [-0.05, 0) is 102 Å². The molecule has 0 aliphatic carbocycles. The molecular weight excluding hydrogens is 835 g/mol. The van der Waals surface area contributed by atoms with Crippen molar-refractivity contribution >= 4 is 40.7 Å². The number of anilines is 1. The van der Waals surface area contributed by atoms with E-state index in [2.05, 4.69) is 113 Å². The number of aromatic nitrogens is 4. The number of carbonyl (C=O) groups is 4. The highest BCUT2D eigenvalue weighted by Gasteiger charge is 2.40. The van der Waals surface area contributed by atoms with Gasteiger partial charge in [0.2, 0.25) is 11.8 Å². The number of H-pyrrole nitrogens is 2. The van der Waals surface area contributed by atoms with E-state index >= 15 is 0 Å². The number of nitrogens with zero attached hydrogens (tertiary/aromatic N) is 5. The quantitative estimate of drug-likeness (QED) is 0.0813. The molecule has 3 saturated heterocycles. The number of amides is 4. The molecule has 0 bridgehead atoms. The number of alkyl carbamates (subject to hydrolysis) is 1. The molecule has 5 aromatic rings. The van der Waals surface area contributed by atoms with Crippen LogP contribution in [0.25, 0.3) is 22.3 Å². The maximum absolute atomic E-state index is 13.9. The van der Waals surface area contributed by atoms with Crippen LogP contribution in [0, 0.1) is 11.8 Å². The smallest absolute Gasteiger partial charge is 0.407 e. The molecule has 0 spiro atoms. The molecule has 6 atom stereocenters. The van der Waals surface area contributed by atoms with Gasteiger partial charge in [-0.1, -0.05) is 90.9 Å². The molecule has 3 fully saturated rings. The number of nitrogens with one attached hydrogen (secondary N) is 4. The highest BCUT2D eigenvalue weighted by molar-refractivity contribution is 5.87. The minimum absolute atomic E-state index is 0.0147. The Balaban J connectivity index is 1.04. The van der Waals surface area contributed by atoms with Gasteiger partial charge < -0.3 is 45.1 Å². The average Bonchev–Trinajstić information content (AvgIpc) is 4.15. The number of carboxylic acid groups (broad SMARTS) is 1. The summed E-state index contributed by atoms with van der Waals surface area (Å²) >= 11 is 0. The standard InChI is InChI=1S/C51H65N9O6/c1-29(2)43(56-49(63)64)47(61)58-25-9-11-41(58)45-52-28-38(55-45)31-13-15-32(16-14-31)39-23-24-40(60(39)35-20-18-34(19-21-35)51(5,6)7)33-17-22-36-37(27-33)54-46(53-36)42-12-10-26-59(42)48(62)44(30(3)4)57-50(65)66-8/h13-22,27-30,39-44,56H,9-12,23-26H2,1-8H3,(H,52,55)(H,53,54)(H,57,65)(H,63,64)/t39-,40+,41-,42-,43-,44-/m0/s1. The van der Waals surface area contributed by atoms with Crippen LogP contribution in [-0.4, -0.2) is 91.1 Å². The first-order valence-corrected chi connectivity index (χ1v) is 23.5. The molecule has 5 N–H and O–H groups in total. The molecule has 3 aromatic carbocycles. The Morgan fingerprint density at radius 1 is 0.727 bits per heavy atom. The van der Waals surface area contributed by atoms with Gasteiger partial charge in [0, 0.05) is 18.8 Å². The summed E-state index contributed by atoms with van der Waals surface area (Å²) in [6.07, 6.45) is 5.04. The molecule has 5 heterocycles. The Labute approximate surface area is 387 Å². The van der Waals surface area contributed by atoms with Crippen molar-refractivity contribution in [2.24, 2.45) is 11.8 Å². The minimum atomic E-state index is -1.21. The maximum atomic E-state index is 13.9.